The highest BCUT2D eigenvalue weighted by molar-refractivity contribution is 7.08. The average Bonchev–Trinajstić information content (AvgIpc) is 3.00. The molecule has 0 spiro atoms. The Morgan fingerprint density at radius 3 is 2.86 bits per heavy atom. The van der Waals surface area contributed by atoms with E-state index in [0.717, 1.165) is 5.56 Å². The fourth-order valence-electron chi connectivity index (χ4n) is 2.40. The molecule has 7 heteroatoms. The number of carbonyl (C=O) groups excluding carboxylic acids is 2. The van der Waals surface area contributed by atoms with Gasteiger partial charge in [0.05, 0.1) is 31.4 Å². The van der Waals surface area contributed by atoms with Crippen molar-refractivity contribution in [1.82, 2.24) is 10.2 Å². The monoisotopic (exact) mass is 324 g/mol. The van der Waals surface area contributed by atoms with Gasteiger partial charge in [0.2, 0.25) is 0 Å². The summed E-state index contributed by atoms with van der Waals surface area (Å²) in [5, 5.41) is 6.71. The van der Waals surface area contributed by atoms with E-state index in [-0.39, 0.29) is 12.6 Å². The molecule has 120 valence electrons. The van der Waals surface area contributed by atoms with E-state index in [1.54, 1.807) is 21.0 Å². The van der Waals surface area contributed by atoms with Crippen LogP contribution in [0.1, 0.15) is 25.5 Å². The Bertz CT molecular complexity index is 568. The summed E-state index contributed by atoms with van der Waals surface area (Å²) in [6.45, 7) is 4.59. The molecule has 1 aliphatic heterocycles. The van der Waals surface area contributed by atoms with Crippen molar-refractivity contribution >= 4 is 23.3 Å². The molecule has 0 saturated heterocycles. The van der Waals surface area contributed by atoms with Gasteiger partial charge in [-0.3, -0.25) is 4.90 Å². The van der Waals surface area contributed by atoms with E-state index < -0.39 is 12.0 Å². The van der Waals surface area contributed by atoms with Crippen LogP contribution < -0.4 is 5.32 Å². The molecule has 2 rings (SSSR count). The molecule has 0 fully saturated rings. The second kappa shape index (κ2) is 7.42. The number of amides is 2. The second-order valence-corrected chi connectivity index (χ2v) is 5.58. The molecule has 2 heterocycles. The number of methoxy groups -OCH3 is 1. The first-order valence-corrected chi connectivity index (χ1v) is 8.01. The summed E-state index contributed by atoms with van der Waals surface area (Å²) in [7, 11) is 1.57. The minimum absolute atomic E-state index is 0.237. The van der Waals surface area contributed by atoms with E-state index in [1.807, 2.05) is 16.8 Å². The Labute approximate surface area is 133 Å². The lowest BCUT2D eigenvalue weighted by Gasteiger charge is -2.34. The number of nitrogens with one attached hydrogen (secondary N) is 1. The first-order valence-electron chi connectivity index (χ1n) is 7.07. The number of ether oxygens (including phenoxy) is 2. The summed E-state index contributed by atoms with van der Waals surface area (Å²) in [6, 6.07) is 1.18. The van der Waals surface area contributed by atoms with Crippen LogP contribution in [0.5, 0.6) is 0 Å². The average molecular weight is 324 g/mol. The van der Waals surface area contributed by atoms with Gasteiger partial charge in [-0.2, -0.15) is 11.3 Å². The zero-order valence-electron chi connectivity index (χ0n) is 12.9. The van der Waals surface area contributed by atoms with Crippen LogP contribution >= 0.6 is 11.3 Å². The number of hydrogen-bond acceptors (Lipinski definition) is 5. The van der Waals surface area contributed by atoms with Crippen LogP contribution in [-0.4, -0.2) is 43.8 Å². The molecule has 0 aliphatic carbocycles. The minimum Gasteiger partial charge on any atom is -0.463 e. The van der Waals surface area contributed by atoms with Gasteiger partial charge in [-0.1, -0.05) is 0 Å². The number of thiophene rings is 1. The van der Waals surface area contributed by atoms with Gasteiger partial charge in [-0.15, -0.1) is 0 Å². The summed E-state index contributed by atoms with van der Waals surface area (Å²) in [6.07, 6.45) is 0. The number of rotatable bonds is 6. The number of nitrogens with zero attached hydrogens (tertiary/aromatic N) is 1. The van der Waals surface area contributed by atoms with Crippen molar-refractivity contribution in [3.8, 4) is 0 Å². The molecule has 0 saturated carbocycles. The van der Waals surface area contributed by atoms with Gasteiger partial charge in [0.25, 0.3) is 0 Å². The number of esters is 1. The van der Waals surface area contributed by atoms with Crippen molar-refractivity contribution in [2.45, 2.75) is 19.9 Å². The van der Waals surface area contributed by atoms with E-state index in [2.05, 4.69) is 5.32 Å². The van der Waals surface area contributed by atoms with E-state index in [9.17, 15) is 9.59 Å². The molecule has 22 heavy (non-hydrogen) atoms. The molecule has 0 radical (unpaired) electrons. The van der Waals surface area contributed by atoms with Gasteiger partial charge in [0.1, 0.15) is 0 Å². The van der Waals surface area contributed by atoms with Crippen LogP contribution in [0, 0.1) is 0 Å². The molecule has 1 aliphatic rings. The maximum atomic E-state index is 12.4. The molecular weight excluding hydrogens is 304 g/mol. The van der Waals surface area contributed by atoms with Gasteiger partial charge in [0, 0.05) is 12.8 Å². The van der Waals surface area contributed by atoms with Crippen molar-refractivity contribution in [3.63, 3.8) is 0 Å². The Morgan fingerprint density at radius 2 is 2.27 bits per heavy atom. The third-order valence-corrected chi connectivity index (χ3v) is 4.19. The molecule has 1 atom stereocenters. The van der Waals surface area contributed by atoms with Gasteiger partial charge >= 0.3 is 12.0 Å². The Kier molecular flexibility index (Phi) is 5.57. The highest BCUT2D eigenvalue weighted by atomic mass is 32.1. The maximum absolute atomic E-state index is 12.4. The van der Waals surface area contributed by atoms with Crippen molar-refractivity contribution in [1.29, 1.82) is 0 Å². The third kappa shape index (κ3) is 3.31. The quantitative estimate of drug-likeness (QED) is 0.815. The van der Waals surface area contributed by atoms with E-state index >= 15 is 0 Å². The van der Waals surface area contributed by atoms with Crippen molar-refractivity contribution in [2.75, 3.05) is 26.9 Å². The Hall–Kier alpha value is -1.86. The normalized spacial score (nSPS) is 18.4. The maximum Gasteiger partial charge on any atom is 0.338 e. The summed E-state index contributed by atoms with van der Waals surface area (Å²) >= 11 is 1.52. The molecule has 2 amide bonds. The van der Waals surface area contributed by atoms with Crippen molar-refractivity contribution < 1.29 is 19.1 Å². The van der Waals surface area contributed by atoms with E-state index in [0.29, 0.717) is 24.4 Å². The predicted octanol–water partition coefficient (Wildman–Crippen LogP) is 2.30. The van der Waals surface area contributed by atoms with Crippen LogP contribution in [0.2, 0.25) is 0 Å². The van der Waals surface area contributed by atoms with Gasteiger partial charge < -0.3 is 14.8 Å². The summed E-state index contributed by atoms with van der Waals surface area (Å²) < 4.78 is 10.2. The van der Waals surface area contributed by atoms with E-state index in [4.69, 9.17) is 9.47 Å². The standard InChI is InChI=1S/C15H20N2O4S/c1-4-21-14(18)12-10(2)17(6-7-20-3)15(19)16-13(12)11-5-8-22-9-11/h5,8-9,13H,4,6-7H2,1-3H3,(H,16,19)/t13-/m1/s1. The lowest BCUT2D eigenvalue weighted by Crippen LogP contribution is -2.48. The Balaban J connectivity index is 2.40. The number of hydrogen-bond donors (Lipinski definition) is 1. The van der Waals surface area contributed by atoms with Crippen LogP contribution in [0.15, 0.2) is 28.1 Å². The zero-order chi connectivity index (χ0) is 16.1. The molecule has 1 aromatic rings. The molecule has 0 unspecified atom stereocenters. The smallest absolute Gasteiger partial charge is 0.338 e. The largest absolute Gasteiger partial charge is 0.463 e. The lowest BCUT2D eigenvalue weighted by molar-refractivity contribution is -0.139. The molecule has 1 N–H and O–H groups in total. The first-order chi connectivity index (χ1) is 10.6. The summed E-state index contributed by atoms with van der Waals surface area (Å²) in [4.78, 5) is 26.2. The van der Waals surface area contributed by atoms with Gasteiger partial charge in [-0.05, 0) is 36.2 Å². The van der Waals surface area contributed by atoms with E-state index in [1.165, 1.54) is 16.2 Å². The highest BCUT2D eigenvalue weighted by Gasteiger charge is 2.36. The highest BCUT2D eigenvalue weighted by Crippen LogP contribution is 2.32. The van der Waals surface area contributed by atoms with Crippen LogP contribution in [0.4, 0.5) is 4.79 Å². The first kappa shape index (κ1) is 16.5. The van der Waals surface area contributed by atoms with Crippen LogP contribution in [0.25, 0.3) is 0 Å². The van der Waals surface area contributed by atoms with Gasteiger partial charge in [-0.25, -0.2) is 9.59 Å². The summed E-state index contributed by atoms with van der Waals surface area (Å²) in [5.41, 5.74) is 1.96. The fourth-order valence-corrected chi connectivity index (χ4v) is 3.08. The SMILES string of the molecule is CCOC(=O)C1=C(C)N(CCOC)C(=O)N[C@@H]1c1ccsc1. The minimum atomic E-state index is -0.475. The third-order valence-electron chi connectivity index (χ3n) is 3.49. The predicted molar refractivity (Wildman–Crippen MR) is 83.5 cm³/mol. The number of urea groups is 1. The Morgan fingerprint density at radius 1 is 1.50 bits per heavy atom. The molecule has 0 bridgehead atoms. The number of carbonyl (C=O) groups is 2. The summed E-state index contributed by atoms with van der Waals surface area (Å²) in [5.74, 6) is -0.404. The lowest BCUT2D eigenvalue weighted by atomic mass is 9.97. The molecule has 6 nitrogen and oxygen atoms in total. The second-order valence-electron chi connectivity index (χ2n) is 4.80. The molecule has 1 aromatic heterocycles. The van der Waals surface area contributed by atoms with Crippen molar-refractivity contribution in [2.24, 2.45) is 0 Å². The zero-order valence-corrected chi connectivity index (χ0v) is 13.7. The molecular formula is C15H20N2O4S. The number of allylic oxidation sites excluding steroid dienone is 1. The topological polar surface area (TPSA) is 67.9 Å². The van der Waals surface area contributed by atoms with Crippen LogP contribution in [-0.2, 0) is 14.3 Å². The van der Waals surface area contributed by atoms with Gasteiger partial charge in [0.15, 0.2) is 0 Å². The molecule has 0 aromatic carbocycles. The van der Waals surface area contributed by atoms with Crippen LogP contribution in [0.3, 0.4) is 0 Å². The van der Waals surface area contributed by atoms with Crippen molar-refractivity contribution in [3.05, 3.63) is 33.7 Å². The fraction of sp³-hybridized carbons (Fsp3) is 0.467.